The molecule has 0 N–H and O–H groups in total. The quantitative estimate of drug-likeness (QED) is 0.711. The highest BCUT2D eigenvalue weighted by Crippen LogP contribution is 2.43. The van der Waals surface area contributed by atoms with Crippen LogP contribution in [-0.2, 0) is 4.74 Å². The maximum atomic E-state index is 5.73. The summed E-state index contributed by atoms with van der Waals surface area (Å²) in [5, 5.41) is 0. The van der Waals surface area contributed by atoms with E-state index in [1.165, 1.54) is 15.1 Å². The third-order valence-electron chi connectivity index (χ3n) is 2.90. The SMILES string of the molecule is CCC1OCCC1C(Br)c1ccc(Br)s1. The molecule has 2 rings (SSSR count). The van der Waals surface area contributed by atoms with Crippen molar-refractivity contribution >= 4 is 43.2 Å². The maximum absolute atomic E-state index is 5.73. The number of ether oxygens (including phenoxy) is 1. The Hall–Kier alpha value is 0.620. The number of hydrogen-bond donors (Lipinski definition) is 0. The molecule has 1 saturated heterocycles. The summed E-state index contributed by atoms with van der Waals surface area (Å²) < 4.78 is 6.93. The molecule has 3 atom stereocenters. The number of alkyl halides is 1. The molecule has 1 nitrogen and oxygen atoms in total. The highest BCUT2D eigenvalue weighted by atomic mass is 79.9. The zero-order valence-corrected chi connectivity index (χ0v) is 12.6. The van der Waals surface area contributed by atoms with Crippen LogP contribution < -0.4 is 0 Å². The van der Waals surface area contributed by atoms with Crippen LogP contribution in [0.2, 0.25) is 0 Å². The van der Waals surface area contributed by atoms with Crippen LogP contribution in [0.25, 0.3) is 0 Å². The molecular formula is C11H14Br2OS. The van der Waals surface area contributed by atoms with Crippen LogP contribution in [0.1, 0.15) is 29.5 Å². The van der Waals surface area contributed by atoms with Gasteiger partial charge in [0.05, 0.1) is 14.7 Å². The van der Waals surface area contributed by atoms with E-state index in [1.54, 1.807) is 0 Å². The standard InChI is InChI=1S/C11H14Br2OS/c1-2-8-7(5-6-14-8)11(13)9-3-4-10(12)15-9/h3-4,7-8,11H,2,5-6H2,1H3. The van der Waals surface area contributed by atoms with Gasteiger partial charge in [-0.15, -0.1) is 11.3 Å². The first-order chi connectivity index (χ1) is 7.22. The van der Waals surface area contributed by atoms with E-state index in [9.17, 15) is 0 Å². The molecule has 1 fully saturated rings. The molecule has 84 valence electrons. The van der Waals surface area contributed by atoms with Gasteiger partial charge in [-0.1, -0.05) is 22.9 Å². The van der Waals surface area contributed by atoms with Crippen LogP contribution in [0.15, 0.2) is 15.9 Å². The van der Waals surface area contributed by atoms with Gasteiger partial charge in [0, 0.05) is 17.4 Å². The van der Waals surface area contributed by atoms with Crippen molar-refractivity contribution in [2.75, 3.05) is 6.61 Å². The van der Waals surface area contributed by atoms with Crippen LogP contribution in [-0.4, -0.2) is 12.7 Å². The summed E-state index contributed by atoms with van der Waals surface area (Å²) in [6, 6.07) is 4.31. The zero-order valence-electron chi connectivity index (χ0n) is 8.58. The molecule has 0 saturated carbocycles. The highest BCUT2D eigenvalue weighted by Gasteiger charge is 2.33. The van der Waals surface area contributed by atoms with Gasteiger partial charge in [-0.25, -0.2) is 0 Å². The number of rotatable bonds is 3. The van der Waals surface area contributed by atoms with Gasteiger partial charge in [0.25, 0.3) is 0 Å². The Morgan fingerprint density at radius 3 is 3.00 bits per heavy atom. The smallest absolute Gasteiger partial charge is 0.0701 e. The minimum atomic E-state index is 0.426. The molecule has 1 aromatic rings. The fourth-order valence-corrected chi connectivity index (χ4v) is 4.62. The van der Waals surface area contributed by atoms with Crippen molar-refractivity contribution in [2.45, 2.75) is 30.7 Å². The predicted molar refractivity (Wildman–Crippen MR) is 71.8 cm³/mol. The predicted octanol–water partition coefficient (Wildman–Crippen LogP) is 4.76. The molecule has 1 aliphatic heterocycles. The van der Waals surface area contributed by atoms with Gasteiger partial charge >= 0.3 is 0 Å². The van der Waals surface area contributed by atoms with Crippen LogP contribution in [0.3, 0.4) is 0 Å². The summed E-state index contributed by atoms with van der Waals surface area (Å²) in [4.78, 5) is 1.84. The summed E-state index contributed by atoms with van der Waals surface area (Å²) in [6.07, 6.45) is 2.71. The van der Waals surface area contributed by atoms with Crippen molar-refractivity contribution in [1.29, 1.82) is 0 Å². The van der Waals surface area contributed by atoms with Gasteiger partial charge in [-0.05, 0) is 40.9 Å². The van der Waals surface area contributed by atoms with Crippen LogP contribution in [0, 0.1) is 5.92 Å². The second-order valence-electron chi connectivity index (χ2n) is 3.81. The molecule has 0 bridgehead atoms. The number of thiophene rings is 1. The van der Waals surface area contributed by atoms with E-state index in [2.05, 4.69) is 50.9 Å². The molecule has 2 heterocycles. The van der Waals surface area contributed by atoms with Crippen molar-refractivity contribution < 1.29 is 4.74 Å². The molecule has 15 heavy (non-hydrogen) atoms. The van der Waals surface area contributed by atoms with E-state index in [1.807, 2.05) is 11.3 Å². The summed E-state index contributed by atoms with van der Waals surface area (Å²) >= 11 is 9.13. The molecule has 0 radical (unpaired) electrons. The Bertz CT molecular complexity index is 326. The van der Waals surface area contributed by atoms with Gasteiger partial charge in [0.1, 0.15) is 0 Å². The Morgan fingerprint density at radius 1 is 1.60 bits per heavy atom. The Balaban J connectivity index is 2.10. The Morgan fingerprint density at radius 2 is 2.40 bits per heavy atom. The summed E-state index contributed by atoms with van der Waals surface area (Å²) in [5.41, 5.74) is 0. The van der Waals surface area contributed by atoms with E-state index in [0.717, 1.165) is 13.0 Å². The van der Waals surface area contributed by atoms with E-state index in [0.29, 0.717) is 16.8 Å². The Labute approximate surface area is 111 Å². The maximum Gasteiger partial charge on any atom is 0.0701 e. The average Bonchev–Trinajstić information content (AvgIpc) is 2.84. The lowest BCUT2D eigenvalue weighted by atomic mass is 9.95. The van der Waals surface area contributed by atoms with E-state index >= 15 is 0 Å². The average molecular weight is 354 g/mol. The summed E-state index contributed by atoms with van der Waals surface area (Å²) in [5.74, 6) is 0.626. The molecule has 4 heteroatoms. The first kappa shape index (κ1) is 12.1. The van der Waals surface area contributed by atoms with Gasteiger partial charge in [-0.2, -0.15) is 0 Å². The molecule has 0 amide bonds. The van der Waals surface area contributed by atoms with Crippen molar-refractivity contribution in [3.05, 3.63) is 20.8 Å². The Kier molecular flexibility index (Phi) is 4.27. The van der Waals surface area contributed by atoms with Crippen LogP contribution >= 0.6 is 43.2 Å². The van der Waals surface area contributed by atoms with Crippen molar-refractivity contribution in [1.82, 2.24) is 0 Å². The molecule has 0 aromatic carbocycles. The lowest BCUT2D eigenvalue weighted by Crippen LogP contribution is -2.18. The van der Waals surface area contributed by atoms with Gasteiger partial charge in [0.2, 0.25) is 0 Å². The molecule has 0 aliphatic carbocycles. The topological polar surface area (TPSA) is 9.23 Å². The van der Waals surface area contributed by atoms with Crippen LogP contribution in [0.5, 0.6) is 0 Å². The minimum absolute atomic E-state index is 0.426. The van der Waals surface area contributed by atoms with Crippen molar-refractivity contribution in [3.63, 3.8) is 0 Å². The molecule has 1 aromatic heterocycles. The van der Waals surface area contributed by atoms with Gasteiger partial charge < -0.3 is 4.74 Å². The fraction of sp³-hybridized carbons (Fsp3) is 0.636. The lowest BCUT2D eigenvalue weighted by molar-refractivity contribution is 0.0874. The zero-order chi connectivity index (χ0) is 10.8. The largest absolute Gasteiger partial charge is 0.378 e. The monoisotopic (exact) mass is 352 g/mol. The first-order valence-electron chi connectivity index (χ1n) is 5.23. The molecule has 1 aliphatic rings. The number of halogens is 2. The summed E-state index contributed by atoms with van der Waals surface area (Å²) in [6.45, 7) is 3.12. The second-order valence-corrected chi connectivity index (χ2v) is 7.29. The molecule has 0 spiro atoms. The first-order valence-corrected chi connectivity index (χ1v) is 7.75. The normalized spacial score (nSPS) is 28.2. The summed E-state index contributed by atoms with van der Waals surface area (Å²) in [7, 11) is 0. The molecule has 3 unspecified atom stereocenters. The van der Waals surface area contributed by atoms with Gasteiger partial charge in [-0.3, -0.25) is 0 Å². The van der Waals surface area contributed by atoms with Crippen LogP contribution in [0.4, 0.5) is 0 Å². The van der Waals surface area contributed by atoms with Gasteiger partial charge in [0.15, 0.2) is 0 Å². The molecular weight excluding hydrogens is 340 g/mol. The fourth-order valence-electron chi connectivity index (χ4n) is 2.11. The second kappa shape index (κ2) is 5.30. The van der Waals surface area contributed by atoms with E-state index in [4.69, 9.17) is 4.74 Å². The third-order valence-corrected chi connectivity index (χ3v) is 6.09. The number of hydrogen-bond acceptors (Lipinski definition) is 2. The van der Waals surface area contributed by atoms with Crippen molar-refractivity contribution in [3.8, 4) is 0 Å². The van der Waals surface area contributed by atoms with E-state index in [-0.39, 0.29) is 0 Å². The third kappa shape index (κ3) is 2.65. The van der Waals surface area contributed by atoms with E-state index < -0.39 is 0 Å². The lowest BCUT2D eigenvalue weighted by Gasteiger charge is -2.21. The minimum Gasteiger partial charge on any atom is -0.378 e. The van der Waals surface area contributed by atoms with Crippen molar-refractivity contribution in [2.24, 2.45) is 5.92 Å². The highest BCUT2D eigenvalue weighted by molar-refractivity contribution is 9.11.